The van der Waals surface area contributed by atoms with Crippen LogP contribution in [0.25, 0.3) is 0 Å². The minimum atomic E-state index is -1.06. The Labute approximate surface area is 155 Å². The van der Waals surface area contributed by atoms with Gasteiger partial charge in [-0.1, -0.05) is 36.4 Å². The van der Waals surface area contributed by atoms with Gasteiger partial charge in [-0.3, -0.25) is 10.1 Å². The number of hydrogen-bond donors (Lipinski definition) is 2. The molecule has 1 amide bonds. The molecule has 2 heterocycles. The molecule has 2 aliphatic heterocycles. The van der Waals surface area contributed by atoms with Gasteiger partial charge in [-0.15, -0.1) is 0 Å². The zero-order valence-corrected chi connectivity index (χ0v) is 14.5. The number of carbonyl (C=O) groups is 1. The fraction of sp³-hybridized carbons (Fsp3) is 0.300. The van der Waals surface area contributed by atoms with Crippen LogP contribution in [0, 0.1) is 11.7 Å². The number of hydrogen-bond acceptors (Lipinski definition) is 5. The van der Waals surface area contributed by atoms with Crippen LogP contribution >= 0.6 is 0 Å². The second-order valence-corrected chi connectivity index (χ2v) is 6.59. The summed E-state index contributed by atoms with van der Waals surface area (Å²) in [6, 6.07) is 15.0. The van der Waals surface area contributed by atoms with Crippen molar-refractivity contribution in [3.05, 3.63) is 71.5 Å². The molecule has 3 atom stereocenters. The SMILES string of the molecule is O=C(NC1=N[C@@]2(c3ccccc3F)CO[C@H](CO)[C@H]2CO1)c1ccccc1. The Balaban J connectivity index is 1.70. The van der Waals surface area contributed by atoms with Gasteiger partial charge in [-0.25, -0.2) is 9.38 Å². The third-order valence-corrected chi connectivity index (χ3v) is 5.06. The third-order valence-electron chi connectivity index (χ3n) is 5.06. The summed E-state index contributed by atoms with van der Waals surface area (Å²) in [5.74, 6) is -1.14. The van der Waals surface area contributed by atoms with E-state index >= 15 is 0 Å². The number of amides is 1. The van der Waals surface area contributed by atoms with E-state index in [9.17, 15) is 14.3 Å². The van der Waals surface area contributed by atoms with E-state index in [1.807, 2.05) is 6.07 Å². The fourth-order valence-corrected chi connectivity index (χ4v) is 3.66. The smallest absolute Gasteiger partial charge is 0.292 e. The summed E-state index contributed by atoms with van der Waals surface area (Å²) in [5, 5.41) is 12.2. The van der Waals surface area contributed by atoms with Crippen LogP contribution in [0.1, 0.15) is 15.9 Å². The Morgan fingerprint density at radius 1 is 1.22 bits per heavy atom. The first kappa shape index (κ1) is 17.6. The highest BCUT2D eigenvalue weighted by atomic mass is 19.1. The van der Waals surface area contributed by atoms with Crippen molar-refractivity contribution in [2.75, 3.05) is 19.8 Å². The summed E-state index contributed by atoms with van der Waals surface area (Å²) >= 11 is 0. The first-order chi connectivity index (χ1) is 13.1. The molecule has 0 saturated carbocycles. The number of fused-ring (bicyclic) bond motifs is 1. The molecule has 0 aromatic heterocycles. The molecule has 4 rings (SSSR count). The highest BCUT2D eigenvalue weighted by Crippen LogP contribution is 2.45. The largest absolute Gasteiger partial charge is 0.464 e. The lowest BCUT2D eigenvalue weighted by Gasteiger charge is -2.36. The molecular formula is C20H19FN2O4. The van der Waals surface area contributed by atoms with Crippen LogP contribution in [0.15, 0.2) is 59.6 Å². The molecule has 2 N–H and O–H groups in total. The van der Waals surface area contributed by atoms with Crippen LogP contribution in [0.3, 0.4) is 0 Å². The number of aliphatic hydroxyl groups excluding tert-OH is 1. The van der Waals surface area contributed by atoms with Gasteiger partial charge in [0, 0.05) is 11.1 Å². The molecule has 1 fully saturated rings. The number of benzene rings is 2. The van der Waals surface area contributed by atoms with Gasteiger partial charge in [0.2, 0.25) is 0 Å². The van der Waals surface area contributed by atoms with Gasteiger partial charge < -0.3 is 14.6 Å². The summed E-state index contributed by atoms with van der Waals surface area (Å²) in [7, 11) is 0. The van der Waals surface area contributed by atoms with Crippen molar-refractivity contribution in [2.45, 2.75) is 11.6 Å². The van der Waals surface area contributed by atoms with Crippen LogP contribution in [-0.2, 0) is 15.0 Å². The van der Waals surface area contributed by atoms with Crippen molar-refractivity contribution < 1.29 is 23.8 Å². The van der Waals surface area contributed by atoms with E-state index < -0.39 is 17.5 Å². The van der Waals surface area contributed by atoms with E-state index in [-0.39, 0.29) is 37.7 Å². The molecule has 2 aliphatic rings. The first-order valence-corrected chi connectivity index (χ1v) is 8.70. The molecule has 0 unspecified atom stereocenters. The van der Waals surface area contributed by atoms with Crippen molar-refractivity contribution in [3.8, 4) is 0 Å². The van der Waals surface area contributed by atoms with Crippen LogP contribution < -0.4 is 5.32 Å². The Hall–Kier alpha value is -2.77. The molecule has 0 bridgehead atoms. The van der Waals surface area contributed by atoms with Gasteiger partial charge >= 0.3 is 0 Å². The number of rotatable bonds is 3. The molecule has 7 heteroatoms. The Kier molecular flexibility index (Phi) is 4.63. The Morgan fingerprint density at radius 2 is 1.96 bits per heavy atom. The lowest BCUT2D eigenvalue weighted by atomic mass is 9.78. The summed E-state index contributed by atoms with van der Waals surface area (Å²) in [6.45, 7) is 0.0246. The summed E-state index contributed by atoms with van der Waals surface area (Å²) in [6.07, 6.45) is -0.514. The maximum atomic E-state index is 14.6. The van der Waals surface area contributed by atoms with Crippen molar-refractivity contribution in [3.63, 3.8) is 0 Å². The van der Waals surface area contributed by atoms with Gasteiger partial charge in [0.05, 0.1) is 31.8 Å². The van der Waals surface area contributed by atoms with E-state index in [0.29, 0.717) is 11.1 Å². The third kappa shape index (κ3) is 3.09. The molecule has 0 spiro atoms. The number of carbonyl (C=O) groups excluding carboxylic acids is 1. The van der Waals surface area contributed by atoms with Gasteiger partial charge in [-0.05, 0) is 18.2 Å². The number of nitrogens with zero attached hydrogens (tertiary/aromatic N) is 1. The fourth-order valence-electron chi connectivity index (χ4n) is 3.66. The highest BCUT2D eigenvalue weighted by molar-refractivity contribution is 6.04. The van der Waals surface area contributed by atoms with Crippen molar-refractivity contribution in [1.29, 1.82) is 0 Å². The van der Waals surface area contributed by atoms with Crippen LogP contribution in [0.4, 0.5) is 4.39 Å². The molecule has 1 saturated heterocycles. The summed E-state index contributed by atoms with van der Waals surface area (Å²) in [5.41, 5.74) is -0.237. The standard InChI is InChI=1S/C20H19FN2O4/c21-16-9-5-4-8-14(16)20-12-27-17(10-24)15(20)11-26-19(23-20)22-18(25)13-6-2-1-3-7-13/h1-9,15,17,24H,10-12H2,(H,22,23,25)/t15-,17-,20-/m1/s1. The minimum absolute atomic E-state index is 0.0190. The molecule has 2 aromatic carbocycles. The molecule has 140 valence electrons. The van der Waals surface area contributed by atoms with Crippen molar-refractivity contribution >= 4 is 11.9 Å². The minimum Gasteiger partial charge on any atom is -0.464 e. The molecule has 27 heavy (non-hydrogen) atoms. The normalized spacial score (nSPS) is 26.7. The predicted molar refractivity (Wildman–Crippen MR) is 95.7 cm³/mol. The van der Waals surface area contributed by atoms with E-state index in [1.54, 1.807) is 42.5 Å². The average molecular weight is 370 g/mol. The maximum Gasteiger partial charge on any atom is 0.292 e. The second kappa shape index (κ2) is 7.09. The van der Waals surface area contributed by atoms with Crippen LogP contribution in [0.5, 0.6) is 0 Å². The van der Waals surface area contributed by atoms with Gasteiger partial charge in [0.1, 0.15) is 11.4 Å². The second-order valence-electron chi connectivity index (χ2n) is 6.59. The molecule has 0 radical (unpaired) electrons. The quantitative estimate of drug-likeness (QED) is 0.864. The summed E-state index contributed by atoms with van der Waals surface area (Å²) in [4.78, 5) is 17.0. The lowest BCUT2D eigenvalue weighted by Crippen LogP contribution is -2.48. The van der Waals surface area contributed by atoms with Gasteiger partial charge in [0.25, 0.3) is 11.9 Å². The van der Waals surface area contributed by atoms with Gasteiger partial charge in [-0.2, -0.15) is 0 Å². The zero-order chi connectivity index (χ0) is 18.9. The lowest BCUT2D eigenvalue weighted by molar-refractivity contribution is 0.0264. The number of aliphatic imine (C=N–C) groups is 1. The monoisotopic (exact) mass is 370 g/mol. The maximum absolute atomic E-state index is 14.6. The average Bonchev–Trinajstić information content (AvgIpc) is 3.07. The van der Waals surface area contributed by atoms with E-state index in [4.69, 9.17) is 9.47 Å². The summed E-state index contributed by atoms with van der Waals surface area (Å²) < 4.78 is 25.9. The zero-order valence-electron chi connectivity index (χ0n) is 14.5. The van der Waals surface area contributed by atoms with E-state index in [2.05, 4.69) is 10.3 Å². The molecule has 2 aromatic rings. The number of aliphatic hydroxyl groups is 1. The number of ether oxygens (including phenoxy) is 2. The Morgan fingerprint density at radius 3 is 2.70 bits per heavy atom. The van der Waals surface area contributed by atoms with E-state index in [1.165, 1.54) is 6.07 Å². The number of halogens is 1. The van der Waals surface area contributed by atoms with Crippen molar-refractivity contribution in [1.82, 2.24) is 5.32 Å². The highest BCUT2D eigenvalue weighted by Gasteiger charge is 2.54. The van der Waals surface area contributed by atoms with Crippen LogP contribution in [0.2, 0.25) is 0 Å². The van der Waals surface area contributed by atoms with Gasteiger partial charge in [0.15, 0.2) is 0 Å². The molecular weight excluding hydrogens is 351 g/mol. The van der Waals surface area contributed by atoms with Crippen LogP contribution in [-0.4, -0.2) is 43.0 Å². The topological polar surface area (TPSA) is 80.2 Å². The molecule has 0 aliphatic carbocycles. The van der Waals surface area contributed by atoms with E-state index in [0.717, 1.165) is 0 Å². The number of nitrogens with one attached hydrogen (secondary N) is 1. The predicted octanol–water partition coefficient (Wildman–Crippen LogP) is 1.84. The number of amidine groups is 1. The van der Waals surface area contributed by atoms with Crippen molar-refractivity contribution in [2.24, 2.45) is 10.9 Å². The Bertz CT molecular complexity index is 873. The first-order valence-electron chi connectivity index (χ1n) is 8.70. The molecule has 6 nitrogen and oxygen atoms in total.